The molecule has 0 spiro atoms. The second-order valence-electron chi connectivity index (χ2n) is 3.47. The smallest absolute Gasteiger partial charge is 0.185 e. The first kappa shape index (κ1) is 13.8. The number of anilines is 1. The molecule has 6 heteroatoms. The number of nitrogens with one attached hydrogen (secondary N) is 1. The first-order valence-electron chi connectivity index (χ1n) is 5.13. The normalized spacial score (nSPS) is 10.6. The van der Waals surface area contributed by atoms with E-state index in [-0.39, 0.29) is 12.6 Å². The Morgan fingerprint density at radius 1 is 1.06 bits per heavy atom. The molecule has 0 atom stereocenters. The minimum atomic E-state index is -1.41. The summed E-state index contributed by atoms with van der Waals surface area (Å²) >= 11 is 0. The minimum absolute atomic E-state index is 0.181. The predicted molar refractivity (Wildman–Crippen MR) is 55.9 cm³/mol. The van der Waals surface area contributed by atoms with Crippen molar-refractivity contribution in [3.05, 3.63) is 29.3 Å². The lowest BCUT2D eigenvalue weighted by molar-refractivity contribution is 0.193. The second kappa shape index (κ2) is 6.44. The van der Waals surface area contributed by atoms with Gasteiger partial charge in [-0.3, -0.25) is 0 Å². The zero-order valence-electron chi connectivity index (χ0n) is 9.33. The van der Waals surface area contributed by atoms with Crippen LogP contribution in [0.25, 0.3) is 0 Å². The maximum absolute atomic E-state index is 13.1. The summed E-state index contributed by atoms with van der Waals surface area (Å²) in [7, 11) is 1.54. The van der Waals surface area contributed by atoms with Gasteiger partial charge in [0.05, 0.1) is 0 Å². The van der Waals surface area contributed by atoms with E-state index in [9.17, 15) is 17.6 Å². The van der Waals surface area contributed by atoms with E-state index in [0.29, 0.717) is 19.4 Å². The number of rotatable bonds is 6. The highest BCUT2D eigenvalue weighted by molar-refractivity contribution is 5.47. The lowest BCUT2D eigenvalue weighted by atomic mass is 10.2. The summed E-state index contributed by atoms with van der Waals surface area (Å²) in [5.41, 5.74) is -0.764. The zero-order valence-corrected chi connectivity index (χ0v) is 9.33. The van der Waals surface area contributed by atoms with Gasteiger partial charge < -0.3 is 10.1 Å². The Balaban J connectivity index is 2.64. The highest BCUT2D eigenvalue weighted by Gasteiger charge is 2.18. The van der Waals surface area contributed by atoms with Gasteiger partial charge in [0.2, 0.25) is 0 Å². The van der Waals surface area contributed by atoms with Crippen molar-refractivity contribution in [1.29, 1.82) is 0 Å². The SMILES string of the molecule is COCCCCNc1c(F)c(F)cc(F)c1F. The summed E-state index contributed by atoms with van der Waals surface area (Å²) in [6.45, 7) is 0.726. The Kier molecular flexibility index (Phi) is 5.21. The molecule has 0 aliphatic carbocycles. The van der Waals surface area contributed by atoms with Crippen molar-refractivity contribution in [3.8, 4) is 0 Å². The summed E-state index contributed by atoms with van der Waals surface area (Å²) in [4.78, 5) is 0. The minimum Gasteiger partial charge on any atom is -0.385 e. The maximum atomic E-state index is 13.1. The van der Waals surface area contributed by atoms with E-state index < -0.39 is 29.0 Å². The van der Waals surface area contributed by atoms with Crippen molar-refractivity contribution in [2.75, 3.05) is 25.6 Å². The van der Waals surface area contributed by atoms with Gasteiger partial charge in [0.25, 0.3) is 0 Å². The average Bonchev–Trinajstić information content (AvgIpc) is 2.30. The number of halogens is 4. The molecule has 0 aromatic heterocycles. The summed E-state index contributed by atoms with van der Waals surface area (Å²) in [5.74, 6) is -5.64. The van der Waals surface area contributed by atoms with Crippen molar-refractivity contribution < 1.29 is 22.3 Å². The molecular weight excluding hydrogens is 238 g/mol. The molecule has 2 nitrogen and oxygen atoms in total. The van der Waals surface area contributed by atoms with Crippen LogP contribution in [0.15, 0.2) is 6.07 Å². The van der Waals surface area contributed by atoms with E-state index in [4.69, 9.17) is 4.74 Å². The molecule has 96 valence electrons. The van der Waals surface area contributed by atoms with Crippen LogP contribution in [0, 0.1) is 23.3 Å². The first-order valence-corrected chi connectivity index (χ1v) is 5.13. The van der Waals surface area contributed by atoms with Gasteiger partial charge in [-0.15, -0.1) is 0 Å². The molecule has 0 amide bonds. The Morgan fingerprint density at radius 3 is 2.18 bits per heavy atom. The maximum Gasteiger partial charge on any atom is 0.185 e. The molecule has 0 radical (unpaired) electrons. The Hall–Kier alpha value is -1.30. The van der Waals surface area contributed by atoms with Crippen LogP contribution in [0.3, 0.4) is 0 Å². The average molecular weight is 251 g/mol. The monoisotopic (exact) mass is 251 g/mol. The van der Waals surface area contributed by atoms with Gasteiger partial charge in [-0.1, -0.05) is 0 Å². The van der Waals surface area contributed by atoms with Crippen LogP contribution in [-0.4, -0.2) is 20.3 Å². The van der Waals surface area contributed by atoms with E-state index in [1.165, 1.54) is 7.11 Å². The van der Waals surface area contributed by atoms with Crippen molar-refractivity contribution in [2.45, 2.75) is 12.8 Å². The molecule has 1 aromatic rings. The molecule has 1 aromatic carbocycles. The first-order chi connectivity index (χ1) is 8.07. The third-order valence-electron chi connectivity index (χ3n) is 2.19. The number of ether oxygens (including phenoxy) is 1. The summed E-state index contributed by atoms with van der Waals surface area (Å²) in [6, 6.07) is 0.181. The Morgan fingerprint density at radius 2 is 1.65 bits per heavy atom. The molecule has 1 rings (SSSR count). The molecule has 0 bridgehead atoms. The molecule has 0 aliphatic rings. The van der Waals surface area contributed by atoms with Gasteiger partial charge in [-0.2, -0.15) is 0 Å². The Bertz CT molecular complexity index is 358. The van der Waals surface area contributed by atoms with Gasteiger partial charge >= 0.3 is 0 Å². The van der Waals surface area contributed by atoms with Crippen molar-refractivity contribution in [1.82, 2.24) is 0 Å². The van der Waals surface area contributed by atoms with Gasteiger partial charge in [0.1, 0.15) is 5.69 Å². The number of hydrogen-bond donors (Lipinski definition) is 1. The largest absolute Gasteiger partial charge is 0.385 e. The number of hydrogen-bond acceptors (Lipinski definition) is 2. The number of methoxy groups -OCH3 is 1. The summed E-state index contributed by atoms with van der Waals surface area (Å²) in [5, 5.41) is 2.34. The zero-order chi connectivity index (χ0) is 12.8. The summed E-state index contributed by atoms with van der Waals surface area (Å²) < 4.78 is 56.7. The molecule has 0 fully saturated rings. The standard InChI is InChI=1S/C11H13F4NO/c1-17-5-3-2-4-16-11-9(14)7(12)6-8(13)10(11)15/h6,16H,2-5H2,1H3. The van der Waals surface area contributed by atoms with Gasteiger partial charge in [0, 0.05) is 26.3 Å². The third-order valence-corrected chi connectivity index (χ3v) is 2.19. The van der Waals surface area contributed by atoms with Gasteiger partial charge in [-0.25, -0.2) is 17.6 Å². The molecular formula is C11H13F4NO. The lowest BCUT2D eigenvalue weighted by Crippen LogP contribution is -2.09. The fraction of sp³-hybridized carbons (Fsp3) is 0.455. The van der Waals surface area contributed by atoms with Crippen LogP contribution in [0.2, 0.25) is 0 Å². The molecule has 17 heavy (non-hydrogen) atoms. The second-order valence-corrected chi connectivity index (χ2v) is 3.47. The van der Waals surface area contributed by atoms with Gasteiger partial charge in [-0.05, 0) is 12.8 Å². The fourth-order valence-electron chi connectivity index (χ4n) is 1.31. The van der Waals surface area contributed by atoms with Crippen LogP contribution in [0.1, 0.15) is 12.8 Å². The Labute approximate surface area is 96.6 Å². The fourth-order valence-corrected chi connectivity index (χ4v) is 1.31. The van der Waals surface area contributed by atoms with Crippen molar-refractivity contribution in [2.24, 2.45) is 0 Å². The summed E-state index contributed by atoms with van der Waals surface area (Å²) in [6.07, 6.45) is 1.26. The quantitative estimate of drug-likeness (QED) is 0.476. The van der Waals surface area contributed by atoms with Crippen LogP contribution in [0.5, 0.6) is 0 Å². The van der Waals surface area contributed by atoms with E-state index >= 15 is 0 Å². The van der Waals surface area contributed by atoms with E-state index in [1.54, 1.807) is 0 Å². The lowest BCUT2D eigenvalue weighted by Gasteiger charge is -2.09. The molecule has 0 heterocycles. The number of unbranched alkanes of at least 4 members (excludes halogenated alkanes) is 1. The molecule has 0 aliphatic heterocycles. The van der Waals surface area contributed by atoms with Crippen LogP contribution in [0.4, 0.5) is 23.2 Å². The molecule has 0 saturated carbocycles. The third kappa shape index (κ3) is 3.59. The van der Waals surface area contributed by atoms with E-state index in [1.807, 2.05) is 0 Å². The van der Waals surface area contributed by atoms with Crippen molar-refractivity contribution in [3.63, 3.8) is 0 Å². The van der Waals surface area contributed by atoms with E-state index in [2.05, 4.69) is 5.32 Å². The molecule has 0 unspecified atom stereocenters. The highest BCUT2D eigenvalue weighted by atomic mass is 19.2. The van der Waals surface area contributed by atoms with E-state index in [0.717, 1.165) is 0 Å². The van der Waals surface area contributed by atoms with Crippen LogP contribution in [-0.2, 0) is 4.74 Å². The predicted octanol–water partition coefficient (Wildman–Crippen LogP) is 3.08. The molecule has 0 saturated heterocycles. The van der Waals surface area contributed by atoms with Crippen LogP contribution < -0.4 is 5.32 Å². The van der Waals surface area contributed by atoms with Crippen LogP contribution >= 0.6 is 0 Å². The highest BCUT2D eigenvalue weighted by Crippen LogP contribution is 2.23. The topological polar surface area (TPSA) is 21.3 Å². The molecule has 1 N–H and O–H groups in total. The van der Waals surface area contributed by atoms with Crippen molar-refractivity contribution >= 4 is 5.69 Å². The van der Waals surface area contributed by atoms with Gasteiger partial charge in [0.15, 0.2) is 23.3 Å². The number of benzene rings is 1.